The topological polar surface area (TPSA) is 57.6 Å². The number of allylic oxidation sites excluding steroid dienone is 1. The second-order valence-corrected chi connectivity index (χ2v) is 7.69. The van der Waals surface area contributed by atoms with Crippen molar-refractivity contribution in [2.45, 2.75) is 32.1 Å². The first-order valence-corrected chi connectivity index (χ1v) is 10.0. The third kappa shape index (κ3) is 3.72. The van der Waals surface area contributed by atoms with Gasteiger partial charge in [-0.1, -0.05) is 24.3 Å². The molecule has 28 heavy (non-hydrogen) atoms. The van der Waals surface area contributed by atoms with Gasteiger partial charge < -0.3 is 14.8 Å². The van der Waals surface area contributed by atoms with Crippen molar-refractivity contribution in [2.75, 3.05) is 18.0 Å². The fourth-order valence-corrected chi connectivity index (χ4v) is 4.26. The van der Waals surface area contributed by atoms with Crippen LogP contribution in [-0.4, -0.2) is 30.5 Å². The van der Waals surface area contributed by atoms with Crippen LogP contribution in [0.1, 0.15) is 52.7 Å². The third-order valence-corrected chi connectivity index (χ3v) is 5.92. The zero-order valence-electron chi connectivity index (χ0n) is 15.9. The van der Waals surface area contributed by atoms with Gasteiger partial charge in [-0.05, 0) is 78.6 Å². The van der Waals surface area contributed by atoms with Crippen molar-refractivity contribution in [3.05, 3.63) is 70.8 Å². The lowest BCUT2D eigenvalue weighted by Crippen LogP contribution is -2.34. The maximum absolute atomic E-state index is 11.3. The average molecular weight is 375 g/mol. The number of rotatable bonds is 4. The number of carbonyl (C=O) groups excluding carboxylic acids is 1. The van der Waals surface area contributed by atoms with Crippen LogP contribution in [0.3, 0.4) is 0 Å². The molecule has 2 aromatic rings. The molecule has 0 unspecified atom stereocenters. The molecule has 0 amide bonds. The van der Waals surface area contributed by atoms with E-state index >= 15 is 0 Å². The fraction of sp³-hybridized carbons (Fsp3) is 0.333. The normalized spacial score (nSPS) is 17.4. The molecule has 1 aliphatic carbocycles. The molecule has 0 aromatic heterocycles. The molecule has 1 saturated heterocycles. The van der Waals surface area contributed by atoms with Gasteiger partial charge >= 0.3 is 5.97 Å². The summed E-state index contributed by atoms with van der Waals surface area (Å²) in [5.74, 6) is -0.667. The van der Waals surface area contributed by atoms with Crippen LogP contribution in [0, 0.1) is 5.92 Å². The van der Waals surface area contributed by atoms with Crippen molar-refractivity contribution in [2.24, 2.45) is 5.92 Å². The standard InChI is InChI=1S/C24H25NO3/c26-16-17-11-13-25(14-12-17)21-8-5-18(6-9-21)22-4-2-1-3-19-15-20(24(27)28)7-10-23(19)22/h4-10,15-17H,1-3,11-14H2,(H,27,28). The van der Waals surface area contributed by atoms with Crippen LogP contribution in [0.2, 0.25) is 0 Å². The number of fused-ring (bicyclic) bond motifs is 1. The summed E-state index contributed by atoms with van der Waals surface area (Å²) in [5, 5.41) is 9.29. The smallest absolute Gasteiger partial charge is 0.335 e. The summed E-state index contributed by atoms with van der Waals surface area (Å²) >= 11 is 0. The van der Waals surface area contributed by atoms with E-state index in [0.717, 1.165) is 68.2 Å². The molecule has 4 heteroatoms. The highest BCUT2D eigenvalue weighted by atomic mass is 16.4. The zero-order valence-corrected chi connectivity index (χ0v) is 15.9. The van der Waals surface area contributed by atoms with E-state index in [1.807, 2.05) is 12.1 Å². The average Bonchev–Trinajstić information content (AvgIpc) is 2.96. The van der Waals surface area contributed by atoms with Crippen molar-refractivity contribution in [3.8, 4) is 0 Å². The Morgan fingerprint density at radius 1 is 1.07 bits per heavy atom. The van der Waals surface area contributed by atoms with E-state index in [0.29, 0.717) is 5.56 Å². The molecule has 0 spiro atoms. The van der Waals surface area contributed by atoms with E-state index in [1.54, 1.807) is 6.07 Å². The highest BCUT2D eigenvalue weighted by Gasteiger charge is 2.19. The molecule has 1 N–H and O–H groups in total. The second-order valence-electron chi connectivity index (χ2n) is 7.69. The minimum Gasteiger partial charge on any atom is -0.478 e. The number of anilines is 1. The predicted molar refractivity (Wildman–Crippen MR) is 111 cm³/mol. The van der Waals surface area contributed by atoms with E-state index in [2.05, 4.69) is 35.2 Å². The number of hydrogen-bond acceptors (Lipinski definition) is 3. The van der Waals surface area contributed by atoms with Gasteiger partial charge in [0.05, 0.1) is 5.56 Å². The van der Waals surface area contributed by atoms with E-state index in [-0.39, 0.29) is 5.92 Å². The quantitative estimate of drug-likeness (QED) is 0.796. The molecule has 0 atom stereocenters. The maximum Gasteiger partial charge on any atom is 0.335 e. The van der Waals surface area contributed by atoms with Crippen LogP contribution >= 0.6 is 0 Å². The largest absolute Gasteiger partial charge is 0.478 e. The molecule has 0 radical (unpaired) electrons. The minimum absolute atomic E-state index is 0.207. The van der Waals surface area contributed by atoms with Crippen LogP contribution in [0.25, 0.3) is 5.57 Å². The van der Waals surface area contributed by atoms with E-state index in [4.69, 9.17) is 0 Å². The molecular weight excluding hydrogens is 350 g/mol. The van der Waals surface area contributed by atoms with Gasteiger partial charge in [0, 0.05) is 24.7 Å². The Labute approximate surface area is 165 Å². The summed E-state index contributed by atoms with van der Waals surface area (Å²) in [5.41, 5.74) is 6.16. The predicted octanol–water partition coefficient (Wildman–Crippen LogP) is 4.57. The van der Waals surface area contributed by atoms with Gasteiger partial charge in [0.15, 0.2) is 0 Å². The van der Waals surface area contributed by atoms with E-state index in [9.17, 15) is 14.7 Å². The van der Waals surface area contributed by atoms with Crippen LogP contribution in [-0.2, 0) is 11.2 Å². The van der Waals surface area contributed by atoms with Gasteiger partial charge in [-0.15, -0.1) is 0 Å². The molecule has 2 aromatic carbocycles. The fourth-order valence-electron chi connectivity index (χ4n) is 4.26. The first-order chi connectivity index (χ1) is 13.7. The first kappa shape index (κ1) is 18.5. The highest BCUT2D eigenvalue weighted by molar-refractivity contribution is 5.90. The first-order valence-electron chi connectivity index (χ1n) is 10.0. The second kappa shape index (κ2) is 8.01. The van der Waals surface area contributed by atoms with Crippen LogP contribution in [0.4, 0.5) is 5.69 Å². The van der Waals surface area contributed by atoms with Crippen LogP contribution in [0.15, 0.2) is 48.5 Å². The van der Waals surface area contributed by atoms with Crippen LogP contribution < -0.4 is 4.90 Å². The Balaban J connectivity index is 1.59. The van der Waals surface area contributed by atoms with Crippen molar-refractivity contribution in [1.29, 1.82) is 0 Å². The van der Waals surface area contributed by atoms with E-state index < -0.39 is 5.97 Å². The minimum atomic E-state index is -0.875. The molecule has 1 heterocycles. The van der Waals surface area contributed by atoms with Gasteiger partial charge in [-0.2, -0.15) is 0 Å². The monoisotopic (exact) mass is 375 g/mol. The zero-order chi connectivity index (χ0) is 19.5. The number of piperidine rings is 1. The number of aromatic carboxylic acids is 1. The number of carbonyl (C=O) groups is 2. The van der Waals surface area contributed by atoms with Gasteiger partial charge in [0.2, 0.25) is 0 Å². The molecular formula is C24H25NO3. The van der Waals surface area contributed by atoms with Crippen molar-refractivity contribution in [1.82, 2.24) is 0 Å². The molecule has 144 valence electrons. The Bertz CT molecular complexity index is 906. The van der Waals surface area contributed by atoms with Gasteiger partial charge in [-0.25, -0.2) is 4.79 Å². The third-order valence-electron chi connectivity index (χ3n) is 5.92. The molecule has 0 bridgehead atoms. The molecule has 0 saturated carbocycles. The lowest BCUT2D eigenvalue weighted by molar-refractivity contribution is -0.111. The van der Waals surface area contributed by atoms with E-state index in [1.165, 1.54) is 11.3 Å². The lowest BCUT2D eigenvalue weighted by atomic mass is 9.92. The van der Waals surface area contributed by atoms with Crippen molar-refractivity contribution in [3.63, 3.8) is 0 Å². The maximum atomic E-state index is 11.3. The summed E-state index contributed by atoms with van der Waals surface area (Å²) in [7, 11) is 0. The number of nitrogens with zero attached hydrogens (tertiary/aromatic N) is 1. The summed E-state index contributed by atoms with van der Waals surface area (Å²) < 4.78 is 0. The van der Waals surface area contributed by atoms with Gasteiger partial charge in [-0.3, -0.25) is 0 Å². The lowest BCUT2D eigenvalue weighted by Gasteiger charge is -2.31. The highest BCUT2D eigenvalue weighted by Crippen LogP contribution is 2.33. The Hall–Kier alpha value is -2.88. The number of aldehydes is 1. The summed E-state index contributed by atoms with van der Waals surface area (Å²) in [4.78, 5) is 24.6. The summed E-state index contributed by atoms with van der Waals surface area (Å²) in [6.07, 6.45) is 8.14. The van der Waals surface area contributed by atoms with Gasteiger partial charge in [0.25, 0.3) is 0 Å². The van der Waals surface area contributed by atoms with Crippen molar-refractivity contribution < 1.29 is 14.7 Å². The molecule has 4 rings (SSSR count). The Morgan fingerprint density at radius 3 is 2.50 bits per heavy atom. The number of carboxylic acids is 1. The molecule has 2 aliphatic rings. The number of benzene rings is 2. The van der Waals surface area contributed by atoms with Gasteiger partial charge in [0.1, 0.15) is 6.29 Å². The van der Waals surface area contributed by atoms with Crippen molar-refractivity contribution >= 4 is 23.5 Å². The molecule has 4 nitrogen and oxygen atoms in total. The number of aryl methyl sites for hydroxylation is 1. The Morgan fingerprint density at radius 2 is 1.82 bits per heavy atom. The summed E-state index contributed by atoms with van der Waals surface area (Å²) in [6, 6.07) is 14.1. The van der Waals surface area contributed by atoms with Crippen LogP contribution in [0.5, 0.6) is 0 Å². The SMILES string of the molecule is O=CC1CCN(c2ccc(C3=CCCCc4cc(C(=O)O)ccc43)cc2)CC1. The number of hydrogen-bond donors (Lipinski definition) is 1. The Kier molecular flexibility index (Phi) is 5.29. The number of carboxylic acid groups (broad SMARTS) is 1. The molecule has 1 aliphatic heterocycles. The summed E-state index contributed by atoms with van der Waals surface area (Å²) in [6.45, 7) is 1.85. The molecule has 1 fully saturated rings.